The van der Waals surface area contributed by atoms with Crippen molar-refractivity contribution >= 4 is 34.8 Å². The Morgan fingerprint density at radius 2 is 1.90 bits per heavy atom. The zero-order valence-corrected chi connectivity index (χ0v) is 18.8. The molecular weight excluding hydrogens is 436 g/mol. The molecule has 0 radical (unpaired) electrons. The van der Waals surface area contributed by atoms with Gasteiger partial charge in [0.25, 0.3) is 5.91 Å². The van der Waals surface area contributed by atoms with E-state index in [1.807, 2.05) is 55.6 Å². The fourth-order valence-corrected chi connectivity index (χ4v) is 3.87. The van der Waals surface area contributed by atoms with Gasteiger partial charge >= 0.3 is 5.97 Å². The molecule has 0 aliphatic carbocycles. The topological polar surface area (TPSA) is 77.5 Å². The van der Waals surface area contributed by atoms with E-state index < -0.39 is 5.97 Å². The van der Waals surface area contributed by atoms with E-state index in [2.05, 4.69) is 10.3 Å². The lowest BCUT2D eigenvalue weighted by molar-refractivity contribution is -0.148. The van der Waals surface area contributed by atoms with Gasteiger partial charge in [0, 0.05) is 10.4 Å². The molecule has 1 heterocycles. The highest BCUT2D eigenvalue weighted by molar-refractivity contribution is 7.13. The van der Waals surface area contributed by atoms with E-state index in [1.165, 1.54) is 11.3 Å². The Hall–Kier alpha value is -2.90. The Morgan fingerprint density at radius 1 is 1.16 bits per heavy atom. The largest absolute Gasteiger partial charge is 0.493 e. The molecule has 0 bridgehead atoms. The van der Waals surface area contributed by atoms with Gasteiger partial charge in [-0.15, -0.1) is 11.3 Å². The molecule has 3 aromatic rings. The first-order chi connectivity index (χ1) is 15.0. The number of aromatic nitrogens is 1. The predicted molar refractivity (Wildman–Crippen MR) is 121 cm³/mol. The summed E-state index contributed by atoms with van der Waals surface area (Å²) in [5.41, 5.74) is 2.38. The van der Waals surface area contributed by atoms with E-state index in [9.17, 15) is 9.59 Å². The van der Waals surface area contributed by atoms with Crippen LogP contribution in [0.15, 0.2) is 53.9 Å². The molecule has 0 spiro atoms. The second-order valence-corrected chi connectivity index (χ2v) is 8.05. The van der Waals surface area contributed by atoms with Crippen LogP contribution in [-0.2, 0) is 20.7 Å². The van der Waals surface area contributed by atoms with Gasteiger partial charge in [-0.05, 0) is 43.7 Å². The molecule has 3 rings (SSSR count). The van der Waals surface area contributed by atoms with Gasteiger partial charge in [-0.25, -0.2) is 4.98 Å². The van der Waals surface area contributed by atoms with Crippen molar-refractivity contribution in [3.05, 3.63) is 70.2 Å². The average Bonchev–Trinajstić information content (AvgIpc) is 3.21. The summed E-state index contributed by atoms with van der Waals surface area (Å²) in [6.07, 6.45) is -0.00663. The molecular formula is C23H23ClN2O4S. The van der Waals surface area contributed by atoms with E-state index in [0.29, 0.717) is 17.3 Å². The third-order valence-electron chi connectivity index (χ3n) is 4.41. The standard InChI is InChI=1S/C23H23ClN2O4S/c1-3-29-20-7-5-4-6-19(20)23-26-18(14-31-23)12-22(28)30-13-21(27)25-15(2)16-8-10-17(24)11-9-16/h4-11,14-15H,3,12-13H2,1-2H3,(H,25,27). The number of hydrogen-bond acceptors (Lipinski definition) is 6. The Labute approximate surface area is 190 Å². The maximum atomic E-state index is 12.1. The monoisotopic (exact) mass is 458 g/mol. The second-order valence-electron chi connectivity index (χ2n) is 6.75. The molecule has 6 nitrogen and oxygen atoms in total. The van der Waals surface area contributed by atoms with Crippen molar-refractivity contribution < 1.29 is 19.1 Å². The minimum absolute atomic E-state index is 0.00663. The number of hydrogen-bond donors (Lipinski definition) is 1. The average molecular weight is 459 g/mol. The van der Waals surface area contributed by atoms with Crippen LogP contribution in [0.2, 0.25) is 5.02 Å². The van der Waals surface area contributed by atoms with Crippen molar-refractivity contribution in [1.29, 1.82) is 0 Å². The maximum Gasteiger partial charge on any atom is 0.312 e. The number of esters is 1. The normalized spacial score (nSPS) is 11.6. The van der Waals surface area contributed by atoms with Gasteiger partial charge in [0.15, 0.2) is 6.61 Å². The summed E-state index contributed by atoms with van der Waals surface area (Å²) in [5, 5.41) is 5.99. The molecule has 1 unspecified atom stereocenters. The summed E-state index contributed by atoms with van der Waals surface area (Å²) in [6, 6.07) is 14.6. The summed E-state index contributed by atoms with van der Waals surface area (Å²) < 4.78 is 10.7. The molecule has 0 aliphatic heterocycles. The molecule has 1 N–H and O–H groups in total. The van der Waals surface area contributed by atoms with Crippen LogP contribution in [0.5, 0.6) is 5.75 Å². The summed E-state index contributed by atoms with van der Waals surface area (Å²) in [5.74, 6) is -0.135. The Morgan fingerprint density at radius 3 is 2.65 bits per heavy atom. The van der Waals surface area contributed by atoms with Crippen LogP contribution in [-0.4, -0.2) is 30.1 Å². The number of nitrogens with zero attached hydrogens (tertiary/aromatic N) is 1. The number of ether oxygens (including phenoxy) is 2. The van der Waals surface area contributed by atoms with E-state index in [1.54, 1.807) is 12.1 Å². The van der Waals surface area contributed by atoms with Gasteiger partial charge in [-0.1, -0.05) is 35.9 Å². The van der Waals surface area contributed by atoms with Crippen molar-refractivity contribution in [2.24, 2.45) is 0 Å². The van der Waals surface area contributed by atoms with Crippen LogP contribution in [0, 0.1) is 0 Å². The summed E-state index contributed by atoms with van der Waals surface area (Å²) in [7, 11) is 0. The Bertz CT molecular complexity index is 1040. The van der Waals surface area contributed by atoms with E-state index in [4.69, 9.17) is 21.1 Å². The molecule has 1 atom stereocenters. The number of carbonyl (C=O) groups excluding carboxylic acids is 2. The zero-order chi connectivity index (χ0) is 22.2. The second kappa shape index (κ2) is 10.9. The SMILES string of the molecule is CCOc1ccccc1-c1nc(CC(=O)OCC(=O)NC(C)c2ccc(Cl)cc2)cs1. The molecule has 31 heavy (non-hydrogen) atoms. The molecule has 0 saturated carbocycles. The first kappa shape index (κ1) is 22.8. The molecule has 0 saturated heterocycles. The molecule has 2 aromatic carbocycles. The number of amides is 1. The van der Waals surface area contributed by atoms with Crippen molar-refractivity contribution in [3.8, 4) is 16.3 Å². The smallest absolute Gasteiger partial charge is 0.312 e. The number of rotatable bonds is 9. The van der Waals surface area contributed by atoms with Crippen LogP contribution < -0.4 is 10.1 Å². The van der Waals surface area contributed by atoms with Gasteiger partial charge in [0.1, 0.15) is 10.8 Å². The Balaban J connectivity index is 1.50. The molecule has 1 aromatic heterocycles. The van der Waals surface area contributed by atoms with Crippen LogP contribution >= 0.6 is 22.9 Å². The first-order valence-electron chi connectivity index (χ1n) is 9.83. The van der Waals surface area contributed by atoms with Crippen molar-refractivity contribution in [2.75, 3.05) is 13.2 Å². The highest BCUT2D eigenvalue weighted by atomic mass is 35.5. The Kier molecular flexibility index (Phi) is 8.03. The van der Waals surface area contributed by atoms with Crippen LogP contribution in [0.1, 0.15) is 31.1 Å². The molecule has 0 aliphatic rings. The van der Waals surface area contributed by atoms with Crippen molar-refractivity contribution in [3.63, 3.8) is 0 Å². The number of carbonyl (C=O) groups is 2. The summed E-state index contributed by atoms with van der Waals surface area (Å²) >= 11 is 7.30. The third kappa shape index (κ3) is 6.54. The summed E-state index contributed by atoms with van der Waals surface area (Å²) in [6.45, 7) is 3.98. The number of thiazole rings is 1. The predicted octanol–water partition coefficient (Wildman–Crippen LogP) is 4.83. The van der Waals surface area contributed by atoms with E-state index in [0.717, 1.165) is 21.9 Å². The zero-order valence-electron chi connectivity index (χ0n) is 17.3. The minimum atomic E-state index is -0.510. The van der Waals surface area contributed by atoms with Gasteiger partial charge in [0.05, 0.1) is 30.3 Å². The van der Waals surface area contributed by atoms with Crippen molar-refractivity contribution in [2.45, 2.75) is 26.3 Å². The molecule has 162 valence electrons. The molecule has 1 amide bonds. The lowest BCUT2D eigenvalue weighted by atomic mass is 10.1. The maximum absolute atomic E-state index is 12.1. The fraction of sp³-hybridized carbons (Fsp3) is 0.261. The van der Waals surface area contributed by atoms with Crippen LogP contribution in [0.3, 0.4) is 0 Å². The quantitative estimate of drug-likeness (QED) is 0.465. The number of nitrogens with one attached hydrogen (secondary N) is 1. The van der Waals surface area contributed by atoms with Crippen LogP contribution in [0.4, 0.5) is 0 Å². The molecule has 8 heteroatoms. The first-order valence-corrected chi connectivity index (χ1v) is 11.1. The van der Waals surface area contributed by atoms with Gasteiger partial charge in [-0.3, -0.25) is 9.59 Å². The summed E-state index contributed by atoms with van der Waals surface area (Å²) in [4.78, 5) is 28.8. The highest BCUT2D eigenvalue weighted by Crippen LogP contribution is 2.32. The lowest BCUT2D eigenvalue weighted by Gasteiger charge is -2.14. The van der Waals surface area contributed by atoms with E-state index >= 15 is 0 Å². The number of benzene rings is 2. The van der Waals surface area contributed by atoms with Crippen molar-refractivity contribution in [1.82, 2.24) is 10.3 Å². The van der Waals surface area contributed by atoms with Gasteiger partial charge in [0.2, 0.25) is 0 Å². The van der Waals surface area contributed by atoms with Gasteiger partial charge in [-0.2, -0.15) is 0 Å². The third-order valence-corrected chi connectivity index (χ3v) is 5.58. The fourth-order valence-electron chi connectivity index (χ4n) is 2.90. The number of halogens is 1. The number of para-hydroxylation sites is 1. The minimum Gasteiger partial charge on any atom is -0.493 e. The van der Waals surface area contributed by atoms with E-state index in [-0.39, 0.29) is 25.0 Å². The van der Waals surface area contributed by atoms with Gasteiger partial charge < -0.3 is 14.8 Å². The van der Waals surface area contributed by atoms with Crippen LogP contribution in [0.25, 0.3) is 10.6 Å². The highest BCUT2D eigenvalue weighted by Gasteiger charge is 2.15. The molecule has 0 fully saturated rings. The lowest BCUT2D eigenvalue weighted by Crippen LogP contribution is -2.31.